The summed E-state index contributed by atoms with van der Waals surface area (Å²) < 4.78 is 25.4. The van der Waals surface area contributed by atoms with Gasteiger partial charge in [-0.15, -0.1) is 0 Å². The second kappa shape index (κ2) is 5.39. The molecule has 0 saturated carbocycles. The van der Waals surface area contributed by atoms with Crippen molar-refractivity contribution in [1.29, 1.82) is 0 Å². The van der Waals surface area contributed by atoms with E-state index >= 15 is 0 Å². The van der Waals surface area contributed by atoms with E-state index in [9.17, 15) is 8.42 Å². The van der Waals surface area contributed by atoms with Crippen molar-refractivity contribution in [3.8, 4) is 11.1 Å². The van der Waals surface area contributed by atoms with Crippen molar-refractivity contribution < 1.29 is 8.42 Å². The summed E-state index contributed by atoms with van der Waals surface area (Å²) in [4.78, 5) is 7.55. The van der Waals surface area contributed by atoms with E-state index in [1.54, 1.807) is 36.5 Å². The van der Waals surface area contributed by atoms with Crippen molar-refractivity contribution in [2.24, 2.45) is 0 Å². The van der Waals surface area contributed by atoms with Crippen molar-refractivity contribution in [2.45, 2.75) is 4.90 Å². The summed E-state index contributed by atoms with van der Waals surface area (Å²) in [6, 6.07) is 8.44. The zero-order valence-corrected chi connectivity index (χ0v) is 13.6. The maximum Gasteiger partial charge on any atom is 0.242 e. The number of aromatic nitrogens is 2. The molecule has 2 heterocycles. The molecule has 0 radical (unpaired) electrons. The summed E-state index contributed by atoms with van der Waals surface area (Å²) in [5.74, 6) is 0. The summed E-state index contributed by atoms with van der Waals surface area (Å²) in [7, 11) is -0.409. The first kappa shape index (κ1) is 15.0. The van der Waals surface area contributed by atoms with Crippen molar-refractivity contribution in [3.63, 3.8) is 0 Å². The fourth-order valence-electron chi connectivity index (χ4n) is 2.26. The van der Waals surface area contributed by atoms with Crippen LogP contribution in [0, 0.1) is 0 Å². The van der Waals surface area contributed by atoms with E-state index in [4.69, 9.17) is 11.6 Å². The molecule has 3 aromatic rings. The number of sulfonamides is 1. The Kier molecular flexibility index (Phi) is 3.68. The Hall–Kier alpha value is -1.89. The molecule has 0 saturated heterocycles. The second-order valence-electron chi connectivity index (χ2n) is 5.03. The first-order valence-electron chi connectivity index (χ1n) is 6.56. The van der Waals surface area contributed by atoms with Crippen LogP contribution in [0.25, 0.3) is 22.2 Å². The number of halogens is 1. The SMILES string of the molecule is CN(C)S(=O)(=O)c1ccc(-c2c[nH]c3nccc(Cl)c23)cc1. The van der Waals surface area contributed by atoms with Crippen LogP contribution in [0.3, 0.4) is 0 Å². The molecule has 1 N–H and O–H groups in total. The van der Waals surface area contributed by atoms with Crippen LogP contribution in [0.5, 0.6) is 0 Å². The first-order valence-corrected chi connectivity index (χ1v) is 8.37. The van der Waals surface area contributed by atoms with Crippen molar-refractivity contribution >= 4 is 32.7 Å². The van der Waals surface area contributed by atoms with Crippen LogP contribution in [0.1, 0.15) is 0 Å². The molecule has 0 spiro atoms. The van der Waals surface area contributed by atoms with Gasteiger partial charge >= 0.3 is 0 Å². The van der Waals surface area contributed by atoms with Gasteiger partial charge in [0.1, 0.15) is 5.65 Å². The number of H-pyrrole nitrogens is 1. The Morgan fingerprint density at radius 1 is 1.14 bits per heavy atom. The third-order valence-corrected chi connectivity index (χ3v) is 5.61. The highest BCUT2D eigenvalue weighted by molar-refractivity contribution is 7.89. The zero-order valence-electron chi connectivity index (χ0n) is 12.0. The predicted octanol–water partition coefficient (Wildman–Crippen LogP) is 3.13. The van der Waals surface area contributed by atoms with Gasteiger partial charge in [0, 0.05) is 37.4 Å². The van der Waals surface area contributed by atoms with Crippen molar-refractivity contribution in [1.82, 2.24) is 14.3 Å². The molecule has 0 aliphatic rings. The van der Waals surface area contributed by atoms with Gasteiger partial charge in [-0.3, -0.25) is 0 Å². The lowest BCUT2D eigenvalue weighted by atomic mass is 10.1. The highest BCUT2D eigenvalue weighted by Gasteiger charge is 2.17. The van der Waals surface area contributed by atoms with E-state index < -0.39 is 10.0 Å². The molecule has 2 aromatic heterocycles. The molecule has 0 aliphatic heterocycles. The summed E-state index contributed by atoms with van der Waals surface area (Å²) >= 11 is 6.24. The molecule has 5 nitrogen and oxygen atoms in total. The topological polar surface area (TPSA) is 66.1 Å². The standard InChI is InChI=1S/C15H14ClN3O2S/c1-19(2)22(20,21)11-5-3-10(4-6-11)12-9-18-15-14(12)13(16)7-8-17-15/h3-9H,1-2H3,(H,17,18). The first-order chi connectivity index (χ1) is 10.4. The number of rotatable bonds is 3. The Morgan fingerprint density at radius 3 is 2.45 bits per heavy atom. The van der Waals surface area contributed by atoms with Crippen molar-refractivity contribution in [2.75, 3.05) is 14.1 Å². The fourth-order valence-corrected chi connectivity index (χ4v) is 3.41. The van der Waals surface area contributed by atoms with Gasteiger partial charge in [-0.25, -0.2) is 17.7 Å². The molecular weight excluding hydrogens is 322 g/mol. The Balaban J connectivity index is 2.10. The molecule has 0 atom stereocenters. The van der Waals surface area contributed by atoms with Crippen LogP contribution < -0.4 is 0 Å². The molecular formula is C15H14ClN3O2S. The van der Waals surface area contributed by atoms with Gasteiger partial charge in [0.25, 0.3) is 0 Å². The van der Waals surface area contributed by atoms with Crippen LogP contribution in [-0.2, 0) is 10.0 Å². The quantitative estimate of drug-likeness (QED) is 0.799. The molecule has 7 heteroatoms. The van der Waals surface area contributed by atoms with Crippen LogP contribution in [0.2, 0.25) is 5.02 Å². The van der Waals surface area contributed by atoms with Gasteiger partial charge in [0.2, 0.25) is 10.0 Å². The largest absolute Gasteiger partial charge is 0.345 e. The Morgan fingerprint density at radius 2 is 1.82 bits per heavy atom. The number of hydrogen-bond donors (Lipinski definition) is 1. The molecule has 0 unspecified atom stereocenters. The lowest BCUT2D eigenvalue weighted by Crippen LogP contribution is -2.22. The number of hydrogen-bond acceptors (Lipinski definition) is 3. The molecule has 0 fully saturated rings. The fraction of sp³-hybridized carbons (Fsp3) is 0.133. The minimum atomic E-state index is -3.43. The van der Waals surface area contributed by atoms with Crippen LogP contribution in [0.15, 0.2) is 47.6 Å². The minimum Gasteiger partial charge on any atom is -0.345 e. The van der Waals surface area contributed by atoms with E-state index in [0.29, 0.717) is 10.7 Å². The van der Waals surface area contributed by atoms with E-state index in [1.165, 1.54) is 18.4 Å². The van der Waals surface area contributed by atoms with E-state index in [-0.39, 0.29) is 4.90 Å². The van der Waals surface area contributed by atoms with E-state index in [1.807, 2.05) is 6.20 Å². The van der Waals surface area contributed by atoms with Gasteiger partial charge < -0.3 is 4.98 Å². The van der Waals surface area contributed by atoms with E-state index in [0.717, 1.165) is 16.5 Å². The van der Waals surface area contributed by atoms with Gasteiger partial charge in [-0.05, 0) is 23.8 Å². The van der Waals surface area contributed by atoms with Crippen LogP contribution in [-0.4, -0.2) is 36.8 Å². The van der Waals surface area contributed by atoms with E-state index in [2.05, 4.69) is 9.97 Å². The van der Waals surface area contributed by atoms with Gasteiger partial charge in [-0.1, -0.05) is 23.7 Å². The average molecular weight is 336 g/mol. The smallest absolute Gasteiger partial charge is 0.242 e. The number of fused-ring (bicyclic) bond motifs is 1. The molecule has 1 aromatic carbocycles. The Labute approximate surface area is 133 Å². The number of nitrogens with zero attached hydrogens (tertiary/aromatic N) is 2. The molecule has 0 bridgehead atoms. The van der Waals surface area contributed by atoms with Crippen molar-refractivity contribution in [3.05, 3.63) is 47.7 Å². The van der Waals surface area contributed by atoms with Gasteiger partial charge in [0.15, 0.2) is 0 Å². The van der Waals surface area contributed by atoms with Crippen LogP contribution >= 0.6 is 11.6 Å². The number of nitrogens with one attached hydrogen (secondary N) is 1. The maximum absolute atomic E-state index is 12.1. The number of benzene rings is 1. The minimum absolute atomic E-state index is 0.255. The second-order valence-corrected chi connectivity index (χ2v) is 7.59. The third-order valence-electron chi connectivity index (χ3n) is 3.47. The van der Waals surface area contributed by atoms with Crippen LogP contribution in [0.4, 0.5) is 0 Å². The summed E-state index contributed by atoms with van der Waals surface area (Å²) in [6.45, 7) is 0. The molecule has 22 heavy (non-hydrogen) atoms. The molecule has 0 aliphatic carbocycles. The predicted molar refractivity (Wildman–Crippen MR) is 87.4 cm³/mol. The van der Waals surface area contributed by atoms with Gasteiger partial charge in [-0.2, -0.15) is 0 Å². The molecule has 3 rings (SSSR count). The number of pyridine rings is 1. The molecule has 114 valence electrons. The van der Waals surface area contributed by atoms with Gasteiger partial charge in [0.05, 0.1) is 9.92 Å². The summed E-state index contributed by atoms with van der Waals surface area (Å²) in [5.41, 5.74) is 2.47. The third kappa shape index (κ3) is 2.39. The normalized spacial score (nSPS) is 12.2. The lowest BCUT2D eigenvalue weighted by molar-refractivity contribution is 0.521. The number of aromatic amines is 1. The summed E-state index contributed by atoms with van der Waals surface area (Å²) in [6.07, 6.45) is 3.46. The monoisotopic (exact) mass is 335 g/mol. The highest BCUT2D eigenvalue weighted by atomic mass is 35.5. The Bertz CT molecular complexity index is 931. The lowest BCUT2D eigenvalue weighted by Gasteiger charge is -2.11. The average Bonchev–Trinajstić information content (AvgIpc) is 2.92. The highest BCUT2D eigenvalue weighted by Crippen LogP contribution is 2.33. The molecule has 0 amide bonds. The zero-order chi connectivity index (χ0) is 15.9. The summed E-state index contributed by atoms with van der Waals surface area (Å²) in [5, 5.41) is 1.43. The maximum atomic E-state index is 12.1.